The molecule has 0 spiro atoms. The van der Waals surface area contributed by atoms with Crippen LogP contribution in [0.1, 0.15) is 12.5 Å². The number of nitrogens with two attached hydrogens (primary N) is 1. The van der Waals surface area contributed by atoms with Crippen molar-refractivity contribution in [3.63, 3.8) is 0 Å². The molecule has 12 heavy (non-hydrogen) atoms. The molecule has 1 aromatic carbocycles. The van der Waals surface area contributed by atoms with Crippen molar-refractivity contribution in [3.8, 4) is 5.75 Å². The maximum atomic E-state index is 5.37. The molecular formula is C9H14N2O. The van der Waals surface area contributed by atoms with Crippen LogP contribution in [0.2, 0.25) is 0 Å². The number of aryl methyl sites for hydroxylation is 1. The molecule has 3 heteroatoms. The van der Waals surface area contributed by atoms with E-state index in [1.165, 1.54) is 0 Å². The molecule has 0 amide bonds. The summed E-state index contributed by atoms with van der Waals surface area (Å²) in [5.41, 5.74) is 4.57. The minimum absolute atomic E-state index is 0.651. The Hall–Kier alpha value is -1.22. The molecule has 0 radical (unpaired) electrons. The predicted molar refractivity (Wildman–Crippen MR) is 50.2 cm³/mol. The zero-order chi connectivity index (χ0) is 8.97. The van der Waals surface area contributed by atoms with Crippen LogP contribution in [0.25, 0.3) is 0 Å². The minimum Gasteiger partial charge on any atom is -0.492 e. The Balaban J connectivity index is 2.95. The first-order valence-corrected chi connectivity index (χ1v) is 3.98. The van der Waals surface area contributed by atoms with Gasteiger partial charge in [0.05, 0.1) is 12.3 Å². The number of anilines is 1. The fourth-order valence-electron chi connectivity index (χ4n) is 1.02. The van der Waals surface area contributed by atoms with Gasteiger partial charge in [-0.2, -0.15) is 0 Å². The quantitative estimate of drug-likeness (QED) is 0.530. The molecule has 0 heterocycles. The second-order valence-electron chi connectivity index (χ2n) is 2.58. The van der Waals surface area contributed by atoms with E-state index in [1.54, 1.807) is 0 Å². The third-order valence-electron chi connectivity index (χ3n) is 1.59. The number of ether oxygens (including phenoxy) is 1. The van der Waals surface area contributed by atoms with Gasteiger partial charge >= 0.3 is 0 Å². The van der Waals surface area contributed by atoms with E-state index in [4.69, 9.17) is 10.6 Å². The lowest BCUT2D eigenvalue weighted by atomic mass is 10.2. The molecule has 0 aliphatic rings. The number of rotatable bonds is 3. The fraction of sp³-hybridized carbons (Fsp3) is 0.333. The lowest BCUT2D eigenvalue weighted by molar-refractivity contribution is 0.341. The van der Waals surface area contributed by atoms with Crippen molar-refractivity contribution in [2.24, 2.45) is 5.84 Å². The Bertz CT molecular complexity index is 261. The van der Waals surface area contributed by atoms with Crippen molar-refractivity contribution < 1.29 is 4.74 Å². The number of hydrogen-bond donors (Lipinski definition) is 2. The van der Waals surface area contributed by atoms with Crippen LogP contribution in [0.4, 0.5) is 5.69 Å². The SMILES string of the molecule is CCOc1cc(C)ccc1NN. The normalized spacial score (nSPS) is 9.58. The highest BCUT2D eigenvalue weighted by Crippen LogP contribution is 2.24. The van der Waals surface area contributed by atoms with E-state index < -0.39 is 0 Å². The Morgan fingerprint density at radius 2 is 2.25 bits per heavy atom. The van der Waals surface area contributed by atoms with E-state index in [-0.39, 0.29) is 0 Å². The third-order valence-corrected chi connectivity index (χ3v) is 1.59. The molecule has 0 bridgehead atoms. The second kappa shape index (κ2) is 3.97. The third kappa shape index (κ3) is 1.89. The summed E-state index contributed by atoms with van der Waals surface area (Å²) in [6.07, 6.45) is 0. The molecule has 0 aromatic heterocycles. The molecule has 0 saturated carbocycles. The number of nitrogen functional groups attached to an aromatic ring is 1. The summed E-state index contributed by atoms with van der Waals surface area (Å²) in [4.78, 5) is 0. The maximum absolute atomic E-state index is 5.37. The molecular weight excluding hydrogens is 152 g/mol. The van der Waals surface area contributed by atoms with Crippen molar-refractivity contribution >= 4 is 5.69 Å². The molecule has 1 rings (SSSR count). The lowest BCUT2D eigenvalue weighted by Gasteiger charge is -2.09. The lowest BCUT2D eigenvalue weighted by Crippen LogP contribution is -2.08. The van der Waals surface area contributed by atoms with Crippen LogP contribution in [0.5, 0.6) is 5.75 Å². The van der Waals surface area contributed by atoms with Crippen LogP contribution in [-0.2, 0) is 0 Å². The van der Waals surface area contributed by atoms with Gasteiger partial charge < -0.3 is 10.2 Å². The van der Waals surface area contributed by atoms with Crippen molar-refractivity contribution in [2.75, 3.05) is 12.0 Å². The smallest absolute Gasteiger partial charge is 0.143 e. The molecule has 0 atom stereocenters. The molecule has 0 unspecified atom stereocenters. The van der Waals surface area contributed by atoms with Crippen molar-refractivity contribution in [2.45, 2.75) is 13.8 Å². The van der Waals surface area contributed by atoms with Gasteiger partial charge in [0.15, 0.2) is 0 Å². The monoisotopic (exact) mass is 166 g/mol. The summed E-state index contributed by atoms with van der Waals surface area (Å²) in [7, 11) is 0. The first-order chi connectivity index (χ1) is 5.77. The maximum Gasteiger partial charge on any atom is 0.143 e. The van der Waals surface area contributed by atoms with Crippen LogP contribution in [0, 0.1) is 6.92 Å². The first kappa shape index (κ1) is 8.87. The topological polar surface area (TPSA) is 47.3 Å². The zero-order valence-electron chi connectivity index (χ0n) is 7.42. The average Bonchev–Trinajstić information content (AvgIpc) is 2.05. The number of benzene rings is 1. The molecule has 3 nitrogen and oxygen atoms in total. The van der Waals surface area contributed by atoms with E-state index in [2.05, 4.69) is 5.43 Å². The molecule has 0 saturated heterocycles. The number of hydrogen-bond acceptors (Lipinski definition) is 3. The summed E-state index contributed by atoms with van der Waals surface area (Å²) in [6.45, 7) is 4.61. The first-order valence-electron chi connectivity index (χ1n) is 3.98. The standard InChI is InChI=1S/C9H14N2O/c1-3-12-9-6-7(2)4-5-8(9)11-10/h4-6,11H,3,10H2,1-2H3. The van der Waals surface area contributed by atoms with Gasteiger partial charge in [-0.25, -0.2) is 0 Å². The second-order valence-corrected chi connectivity index (χ2v) is 2.58. The molecule has 0 aliphatic heterocycles. The van der Waals surface area contributed by atoms with Gasteiger partial charge in [-0.3, -0.25) is 5.84 Å². The average molecular weight is 166 g/mol. The van der Waals surface area contributed by atoms with Gasteiger partial charge in [-0.05, 0) is 31.5 Å². The molecule has 3 N–H and O–H groups in total. The largest absolute Gasteiger partial charge is 0.492 e. The minimum atomic E-state index is 0.651. The Kier molecular flexibility index (Phi) is 2.94. The van der Waals surface area contributed by atoms with Crippen molar-refractivity contribution in [1.29, 1.82) is 0 Å². The molecule has 66 valence electrons. The van der Waals surface area contributed by atoms with E-state index in [9.17, 15) is 0 Å². The van der Waals surface area contributed by atoms with Crippen LogP contribution in [-0.4, -0.2) is 6.61 Å². The highest BCUT2D eigenvalue weighted by atomic mass is 16.5. The van der Waals surface area contributed by atoms with Gasteiger partial charge in [0.2, 0.25) is 0 Å². The van der Waals surface area contributed by atoms with E-state index in [1.807, 2.05) is 32.0 Å². The Morgan fingerprint density at radius 3 is 2.83 bits per heavy atom. The Labute approximate surface area is 72.5 Å². The summed E-state index contributed by atoms with van der Waals surface area (Å²) in [5.74, 6) is 6.11. The van der Waals surface area contributed by atoms with Gasteiger partial charge in [-0.1, -0.05) is 6.07 Å². The van der Waals surface area contributed by atoms with E-state index in [0.29, 0.717) is 6.61 Å². The number of hydrazine groups is 1. The van der Waals surface area contributed by atoms with Crippen LogP contribution < -0.4 is 16.0 Å². The van der Waals surface area contributed by atoms with Crippen LogP contribution >= 0.6 is 0 Å². The zero-order valence-corrected chi connectivity index (χ0v) is 7.42. The molecule has 1 aromatic rings. The van der Waals surface area contributed by atoms with Crippen LogP contribution in [0.3, 0.4) is 0 Å². The molecule has 0 aliphatic carbocycles. The highest BCUT2D eigenvalue weighted by molar-refractivity contribution is 5.56. The van der Waals surface area contributed by atoms with Crippen molar-refractivity contribution in [1.82, 2.24) is 0 Å². The summed E-state index contributed by atoms with van der Waals surface area (Å²) < 4.78 is 5.37. The van der Waals surface area contributed by atoms with Crippen molar-refractivity contribution in [3.05, 3.63) is 23.8 Å². The summed E-state index contributed by atoms with van der Waals surface area (Å²) in [6, 6.07) is 5.84. The predicted octanol–water partition coefficient (Wildman–Crippen LogP) is 1.68. The van der Waals surface area contributed by atoms with Gasteiger partial charge in [0.25, 0.3) is 0 Å². The highest BCUT2D eigenvalue weighted by Gasteiger charge is 2.00. The fourth-order valence-corrected chi connectivity index (χ4v) is 1.02. The van der Waals surface area contributed by atoms with Gasteiger partial charge in [-0.15, -0.1) is 0 Å². The Morgan fingerprint density at radius 1 is 1.50 bits per heavy atom. The summed E-state index contributed by atoms with van der Waals surface area (Å²) >= 11 is 0. The number of nitrogens with one attached hydrogen (secondary N) is 1. The van der Waals surface area contributed by atoms with Gasteiger partial charge in [0.1, 0.15) is 5.75 Å². The van der Waals surface area contributed by atoms with Gasteiger partial charge in [0, 0.05) is 0 Å². The summed E-state index contributed by atoms with van der Waals surface area (Å²) in [5, 5.41) is 0. The molecule has 0 fully saturated rings. The van der Waals surface area contributed by atoms with E-state index >= 15 is 0 Å². The van der Waals surface area contributed by atoms with E-state index in [0.717, 1.165) is 17.0 Å². The van der Waals surface area contributed by atoms with Crippen LogP contribution in [0.15, 0.2) is 18.2 Å².